The van der Waals surface area contributed by atoms with E-state index in [1.54, 1.807) is 31.4 Å². The van der Waals surface area contributed by atoms with E-state index in [4.69, 9.17) is 14.2 Å². The van der Waals surface area contributed by atoms with Crippen LogP contribution in [0.4, 0.5) is 10.5 Å². The molecule has 0 saturated carbocycles. The molecule has 4 rings (SSSR count). The molecule has 0 aromatic heterocycles. The van der Waals surface area contributed by atoms with Crippen molar-refractivity contribution in [2.75, 3.05) is 18.8 Å². The quantitative estimate of drug-likeness (QED) is 0.323. The van der Waals surface area contributed by atoms with Crippen molar-refractivity contribution in [2.24, 2.45) is 0 Å². The second-order valence-electron chi connectivity index (χ2n) is 6.01. The maximum absolute atomic E-state index is 13.0. The van der Waals surface area contributed by atoms with Crippen molar-refractivity contribution in [1.29, 1.82) is 0 Å². The number of methoxy groups -OCH3 is 1. The zero-order valence-corrected chi connectivity index (χ0v) is 19.1. The molecule has 0 radical (unpaired) electrons. The van der Waals surface area contributed by atoms with Crippen LogP contribution in [0.1, 0.15) is 5.56 Å². The zero-order chi connectivity index (χ0) is 20.7. The number of imide groups is 2. The van der Waals surface area contributed by atoms with Gasteiger partial charge in [-0.05, 0) is 81.1 Å². The van der Waals surface area contributed by atoms with Crippen molar-refractivity contribution in [2.45, 2.75) is 0 Å². The Hall–Kier alpha value is -2.35. The minimum absolute atomic E-state index is 0.0668. The Labute approximate surface area is 192 Å². The normalized spacial score (nSPS) is 17.0. The third kappa shape index (κ3) is 3.66. The van der Waals surface area contributed by atoms with Crippen LogP contribution in [0.3, 0.4) is 0 Å². The summed E-state index contributed by atoms with van der Waals surface area (Å²) in [6.45, 7) is 0.0668. The van der Waals surface area contributed by atoms with Gasteiger partial charge in [0.2, 0.25) is 6.79 Å². The monoisotopic (exact) mass is 618 g/mol. The van der Waals surface area contributed by atoms with Gasteiger partial charge < -0.3 is 14.2 Å². The molecule has 8 nitrogen and oxygen atoms in total. The summed E-state index contributed by atoms with van der Waals surface area (Å²) in [7, 11) is 1.57. The Bertz CT molecular complexity index is 1080. The highest BCUT2D eigenvalue weighted by Gasteiger charge is 2.37. The number of ether oxygens (including phenoxy) is 3. The molecule has 2 aromatic carbocycles. The van der Waals surface area contributed by atoms with Crippen LogP contribution in [-0.4, -0.2) is 31.7 Å². The maximum atomic E-state index is 13.0. The molecule has 4 amide bonds. The smallest absolute Gasteiger partial charge is 0.335 e. The van der Waals surface area contributed by atoms with Gasteiger partial charge in [-0.3, -0.25) is 14.9 Å². The fourth-order valence-electron chi connectivity index (χ4n) is 2.94. The molecule has 2 aromatic rings. The first-order chi connectivity index (χ1) is 13.9. The van der Waals surface area contributed by atoms with Gasteiger partial charge in [0.25, 0.3) is 11.8 Å². The summed E-state index contributed by atoms with van der Waals surface area (Å²) < 4.78 is 17.5. The molecule has 0 bridgehead atoms. The summed E-state index contributed by atoms with van der Waals surface area (Å²) in [5.41, 5.74) is 0.756. The lowest BCUT2D eigenvalue weighted by molar-refractivity contribution is -0.122. The van der Waals surface area contributed by atoms with Gasteiger partial charge in [0.1, 0.15) is 11.3 Å². The number of carbonyl (C=O) groups excluding carboxylic acids is 3. The van der Waals surface area contributed by atoms with Gasteiger partial charge >= 0.3 is 6.03 Å². The van der Waals surface area contributed by atoms with Gasteiger partial charge in [0.15, 0.2) is 11.5 Å². The Balaban J connectivity index is 1.73. The van der Waals surface area contributed by atoms with E-state index < -0.39 is 17.8 Å². The number of nitrogens with one attached hydrogen (secondary N) is 1. The van der Waals surface area contributed by atoms with E-state index in [0.717, 1.165) is 12.0 Å². The summed E-state index contributed by atoms with van der Waals surface area (Å²) in [4.78, 5) is 38.6. The summed E-state index contributed by atoms with van der Waals surface area (Å²) >= 11 is 4.23. The van der Waals surface area contributed by atoms with E-state index >= 15 is 0 Å². The molecule has 0 aliphatic carbocycles. The van der Waals surface area contributed by atoms with E-state index in [0.29, 0.717) is 22.8 Å². The highest BCUT2D eigenvalue weighted by Crippen LogP contribution is 2.36. The van der Waals surface area contributed by atoms with Crippen LogP contribution in [0, 0.1) is 7.14 Å². The summed E-state index contributed by atoms with van der Waals surface area (Å²) in [6, 6.07) is 7.43. The zero-order valence-electron chi connectivity index (χ0n) is 14.8. The molecule has 29 heavy (non-hydrogen) atoms. The van der Waals surface area contributed by atoms with Crippen LogP contribution in [0.15, 0.2) is 35.9 Å². The van der Waals surface area contributed by atoms with Crippen LogP contribution in [0.2, 0.25) is 0 Å². The van der Waals surface area contributed by atoms with Crippen LogP contribution < -0.4 is 24.4 Å². The molecule has 1 N–H and O–H groups in total. The second-order valence-corrected chi connectivity index (χ2v) is 8.34. The Morgan fingerprint density at radius 2 is 1.76 bits per heavy atom. The van der Waals surface area contributed by atoms with E-state index in [9.17, 15) is 14.4 Å². The molecule has 1 saturated heterocycles. The Morgan fingerprint density at radius 1 is 1.07 bits per heavy atom. The minimum Gasteiger partial charge on any atom is -0.495 e. The second kappa shape index (κ2) is 7.82. The van der Waals surface area contributed by atoms with Gasteiger partial charge in [-0.25, -0.2) is 9.69 Å². The van der Waals surface area contributed by atoms with E-state index in [1.165, 1.54) is 12.1 Å². The molecule has 0 unspecified atom stereocenters. The fourth-order valence-corrected chi connectivity index (χ4v) is 5.20. The average Bonchev–Trinajstić information content (AvgIpc) is 3.13. The van der Waals surface area contributed by atoms with Crippen molar-refractivity contribution < 1.29 is 28.6 Å². The molecule has 0 atom stereocenters. The first-order valence-electron chi connectivity index (χ1n) is 8.23. The molecule has 1 fully saturated rings. The lowest BCUT2D eigenvalue weighted by Gasteiger charge is -2.26. The van der Waals surface area contributed by atoms with E-state index in [2.05, 4.69) is 50.5 Å². The highest BCUT2D eigenvalue weighted by atomic mass is 127. The van der Waals surface area contributed by atoms with Crippen molar-refractivity contribution in [3.8, 4) is 17.2 Å². The average molecular weight is 618 g/mol. The number of fused-ring (bicyclic) bond motifs is 1. The SMILES string of the molecule is COc1c(I)cc(/C=C2\C(=O)NC(=O)N(c3ccc4c(c3)OCO4)C2=O)cc1I. The fraction of sp³-hybridized carbons (Fsp3) is 0.105. The summed E-state index contributed by atoms with van der Waals surface area (Å²) in [5.74, 6) is 0.179. The van der Waals surface area contributed by atoms with E-state index in [-0.39, 0.29) is 18.1 Å². The molecule has 148 valence electrons. The Morgan fingerprint density at radius 3 is 2.45 bits per heavy atom. The van der Waals surface area contributed by atoms with Gasteiger partial charge in [0.05, 0.1) is 19.9 Å². The number of hydrogen-bond acceptors (Lipinski definition) is 6. The molecule has 0 spiro atoms. The highest BCUT2D eigenvalue weighted by molar-refractivity contribution is 14.1. The Kier molecular flexibility index (Phi) is 5.38. The lowest BCUT2D eigenvalue weighted by atomic mass is 10.1. The van der Waals surface area contributed by atoms with Crippen molar-refractivity contribution >= 4 is 74.8 Å². The molecular weight excluding hydrogens is 606 g/mol. The predicted molar refractivity (Wildman–Crippen MR) is 120 cm³/mol. The van der Waals surface area contributed by atoms with Crippen molar-refractivity contribution in [3.05, 3.63) is 48.6 Å². The number of anilines is 1. The number of benzene rings is 2. The molecular formula is C19H12I2N2O6. The first kappa shape index (κ1) is 19.9. The van der Waals surface area contributed by atoms with Gasteiger partial charge in [-0.2, -0.15) is 0 Å². The minimum atomic E-state index is -0.824. The topological polar surface area (TPSA) is 94.2 Å². The molecule has 2 heterocycles. The van der Waals surface area contributed by atoms with Gasteiger partial charge in [-0.1, -0.05) is 0 Å². The van der Waals surface area contributed by atoms with Crippen LogP contribution in [0.5, 0.6) is 17.2 Å². The van der Waals surface area contributed by atoms with E-state index in [1.807, 2.05) is 0 Å². The number of nitrogens with zero attached hydrogens (tertiary/aromatic N) is 1. The number of hydrogen-bond donors (Lipinski definition) is 1. The molecule has 2 aliphatic heterocycles. The number of carbonyl (C=O) groups is 3. The van der Waals surface area contributed by atoms with Gasteiger partial charge in [-0.15, -0.1) is 0 Å². The van der Waals surface area contributed by atoms with Gasteiger partial charge in [0, 0.05) is 6.07 Å². The third-order valence-electron chi connectivity index (χ3n) is 4.25. The van der Waals surface area contributed by atoms with Crippen LogP contribution in [0.25, 0.3) is 6.08 Å². The largest absolute Gasteiger partial charge is 0.495 e. The number of barbiturate groups is 1. The first-order valence-corrected chi connectivity index (χ1v) is 10.4. The maximum Gasteiger partial charge on any atom is 0.335 e. The molecule has 10 heteroatoms. The lowest BCUT2D eigenvalue weighted by Crippen LogP contribution is -2.54. The van der Waals surface area contributed by atoms with Crippen molar-refractivity contribution in [3.63, 3.8) is 0 Å². The number of urea groups is 1. The third-order valence-corrected chi connectivity index (χ3v) is 5.85. The van der Waals surface area contributed by atoms with Crippen LogP contribution in [-0.2, 0) is 9.59 Å². The summed E-state index contributed by atoms with van der Waals surface area (Å²) in [5, 5.41) is 2.21. The summed E-state index contributed by atoms with van der Waals surface area (Å²) in [6.07, 6.45) is 1.45. The predicted octanol–water partition coefficient (Wildman–Crippen LogP) is 3.30. The van der Waals surface area contributed by atoms with Crippen LogP contribution >= 0.6 is 45.2 Å². The number of rotatable bonds is 3. The number of halogens is 2. The van der Waals surface area contributed by atoms with Crippen molar-refractivity contribution in [1.82, 2.24) is 5.32 Å². The number of amides is 4. The standard InChI is InChI=1S/C19H12I2N2O6/c1-27-16-12(20)5-9(6-13(16)21)4-11-17(24)22-19(26)23(18(11)25)10-2-3-14-15(7-10)29-8-28-14/h2-7H,8H2,1H3,(H,22,24,26)/b11-4+. The molecule has 2 aliphatic rings.